The van der Waals surface area contributed by atoms with Gasteiger partial charge >= 0.3 is 0 Å². The molecule has 0 heterocycles. The summed E-state index contributed by atoms with van der Waals surface area (Å²) in [6, 6.07) is 4.21. The molecular formula is C10H8O6S2. The first-order valence-corrected chi connectivity index (χ1v) is 7.27. The van der Waals surface area contributed by atoms with Crippen LogP contribution in [-0.2, 0) is 20.4 Å². The maximum Gasteiger partial charge on any atom is 0.291 e. The van der Waals surface area contributed by atoms with Crippen LogP contribution in [0.2, 0.25) is 0 Å². The molecule has 1 aliphatic rings. The van der Waals surface area contributed by atoms with E-state index in [2.05, 4.69) is 0 Å². The summed E-state index contributed by atoms with van der Waals surface area (Å²) >= 11 is 0. The zero-order chi connectivity index (χ0) is 13.5. The quantitative estimate of drug-likeness (QED) is 0.573. The van der Waals surface area contributed by atoms with Crippen molar-refractivity contribution in [2.45, 2.75) is 6.42 Å². The average molecular weight is 288 g/mol. The fourth-order valence-corrected chi connectivity index (χ4v) is 3.04. The number of benzene rings is 1. The maximum atomic E-state index is 11.1. The van der Waals surface area contributed by atoms with Gasteiger partial charge in [0.1, 0.15) is 5.75 Å². The first kappa shape index (κ1) is 12.8. The molecule has 1 aromatic rings. The summed E-state index contributed by atoms with van der Waals surface area (Å²) in [7, 11) is -7.13. The van der Waals surface area contributed by atoms with Crippen molar-refractivity contribution < 1.29 is 26.5 Å². The normalized spacial score (nSPS) is 14.9. The molecule has 0 spiro atoms. The SMILES string of the molecule is O=S(=O)=C1CC(S(=O)(=O)O)=Cc2c(O)cccc21. The van der Waals surface area contributed by atoms with Crippen molar-refractivity contribution >= 4 is 31.4 Å². The van der Waals surface area contributed by atoms with E-state index in [9.17, 15) is 21.9 Å². The minimum Gasteiger partial charge on any atom is -0.507 e. The fourth-order valence-electron chi connectivity index (χ4n) is 1.73. The molecule has 6 nitrogen and oxygen atoms in total. The van der Waals surface area contributed by atoms with Gasteiger partial charge in [0.25, 0.3) is 10.1 Å². The number of allylic oxidation sites excluding steroid dienone is 1. The van der Waals surface area contributed by atoms with Crippen molar-refractivity contribution in [1.29, 1.82) is 0 Å². The summed E-state index contributed by atoms with van der Waals surface area (Å²) in [5, 5.41) is 9.60. The molecule has 0 bridgehead atoms. The number of phenols is 1. The Labute approximate surface area is 104 Å². The van der Waals surface area contributed by atoms with Crippen molar-refractivity contribution in [3.05, 3.63) is 34.2 Å². The third-order valence-electron chi connectivity index (χ3n) is 2.56. The van der Waals surface area contributed by atoms with E-state index in [4.69, 9.17) is 4.55 Å². The van der Waals surface area contributed by atoms with Crippen LogP contribution in [0.4, 0.5) is 0 Å². The number of rotatable bonds is 1. The van der Waals surface area contributed by atoms with E-state index in [0.29, 0.717) is 0 Å². The van der Waals surface area contributed by atoms with Crippen LogP contribution in [-0.4, -0.2) is 31.4 Å². The van der Waals surface area contributed by atoms with Crippen molar-refractivity contribution in [2.75, 3.05) is 0 Å². The topological polar surface area (TPSA) is 109 Å². The zero-order valence-corrected chi connectivity index (χ0v) is 10.5. The van der Waals surface area contributed by atoms with E-state index >= 15 is 0 Å². The number of aromatic hydroxyl groups is 1. The minimum absolute atomic E-state index is 0.0653. The molecule has 1 aromatic carbocycles. The lowest BCUT2D eigenvalue weighted by Crippen LogP contribution is -2.15. The second-order valence-corrected chi connectivity index (χ2v) is 6.10. The third-order valence-corrected chi connectivity index (χ3v) is 4.25. The number of hydrogen-bond donors (Lipinski definition) is 2. The first-order valence-electron chi connectivity index (χ1n) is 4.76. The monoisotopic (exact) mass is 288 g/mol. The number of phenolic OH excluding ortho intramolecular Hbond substituents is 1. The van der Waals surface area contributed by atoms with E-state index in [-0.39, 0.29) is 21.7 Å². The number of hydrogen-bond acceptors (Lipinski definition) is 5. The Morgan fingerprint density at radius 3 is 2.44 bits per heavy atom. The van der Waals surface area contributed by atoms with Gasteiger partial charge in [0.2, 0.25) is 10.3 Å². The Bertz CT molecular complexity index is 776. The molecule has 18 heavy (non-hydrogen) atoms. The Hall–Kier alpha value is -1.64. The average Bonchev–Trinajstić information content (AvgIpc) is 2.27. The van der Waals surface area contributed by atoms with E-state index < -0.39 is 31.7 Å². The second-order valence-electron chi connectivity index (χ2n) is 3.66. The van der Waals surface area contributed by atoms with E-state index in [1.54, 1.807) is 0 Å². The largest absolute Gasteiger partial charge is 0.507 e. The molecule has 0 amide bonds. The Morgan fingerprint density at radius 2 is 1.89 bits per heavy atom. The molecule has 0 aromatic heterocycles. The molecule has 0 saturated heterocycles. The molecule has 8 heteroatoms. The Kier molecular flexibility index (Phi) is 3.01. The lowest BCUT2D eigenvalue weighted by molar-refractivity contribution is 0.474. The van der Waals surface area contributed by atoms with E-state index in [0.717, 1.165) is 6.08 Å². The lowest BCUT2D eigenvalue weighted by Gasteiger charge is -2.15. The van der Waals surface area contributed by atoms with Gasteiger partial charge in [-0.1, -0.05) is 12.1 Å². The second kappa shape index (κ2) is 4.23. The summed E-state index contributed by atoms with van der Waals surface area (Å²) in [6.07, 6.45) is 0.641. The highest BCUT2D eigenvalue weighted by atomic mass is 32.2. The Morgan fingerprint density at radius 1 is 1.22 bits per heavy atom. The smallest absolute Gasteiger partial charge is 0.291 e. The van der Waals surface area contributed by atoms with Gasteiger partial charge in [-0.2, -0.15) is 16.8 Å². The summed E-state index contributed by atoms with van der Waals surface area (Å²) in [4.78, 5) is -0.647. The highest BCUT2D eigenvalue weighted by Gasteiger charge is 2.26. The third kappa shape index (κ3) is 2.17. The molecule has 0 unspecified atom stereocenters. The summed E-state index contributed by atoms with van der Waals surface area (Å²) < 4.78 is 53.3. The summed E-state index contributed by atoms with van der Waals surface area (Å²) in [5.41, 5.74) is 0.298. The van der Waals surface area contributed by atoms with Crippen LogP contribution in [0.5, 0.6) is 5.75 Å². The molecule has 96 valence electrons. The highest BCUT2D eigenvalue weighted by molar-refractivity contribution is 7.90. The molecule has 0 saturated carbocycles. The molecular weight excluding hydrogens is 280 g/mol. The molecule has 2 rings (SSSR count). The number of fused-ring (bicyclic) bond motifs is 1. The first-order chi connectivity index (χ1) is 8.30. The fraction of sp³-hybridized carbons (Fsp3) is 0.100. The van der Waals surface area contributed by atoms with Crippen LogP contribution in [0, 0.1) is 0 Å². The Balaban J connectivity index is 2.86. The van der Waals surface area contributed by atoms with Crippen LogP contribution < -0.4 is 0 Å². The molecule has 0 atom stereocenters. The van der Waals surface area contributed by atoms with Gasteiger partial charge in [0.05, 0.1) is 9.77 Å². The molecule has 0 aliphatic heterocycles. The van der Waals surface area contributed by atoms with E-state index in [1.165, 1.54) is 18.2 Å². The van der Waals surface area contributed by atoms with Gasteiger partial charge in [0, 0.05) is 17.5 Å². The molecule has 0 radical (unpaired) electrons. The molecule has 1 aliphatic carbocycles. The predicted octanol–water partition coefficient (Wildman–Crippen LogP) is 0.424. The van der Waals surface area contributed by atoms with Gasteiger partial charge in [-0.15, -0.1) is 0 Å². The van der Waals surface area contributed by atoms with E-state index in [1.807, 2.05) is 0 Å². The zero-order valence-electron chi connectivity index (χ0n) is 8.86. The van der Waals surface area contributed by atoms with Crippen LogP contribution >= 0.6 is 0 Å². The van der Waals surface area contributed by atoms with Gasteiger partial charge < -0.3 is 5.11 Å². The standard InChI is InChI=1S/C10H8O6S2/c11-9-3-1-2-7-8(9)4-6(18(14,15)16)5-10(7)17(12)13/h1-4,11H,5H2,(H,14,15,16). The van der Waals surface area contributed by atoms with Crippen LogP contribution in [0.25, 0.3) is 6.08 Å². The van der Waals surface area contributed by atoms with Crippen molar-refractivity contribution in [2.24, 2.45) is 0 Å². The maximum absolute atomic E-state index is 11.1. The van der Waals surface area contributed by atoms with Crippen molar-refractivity contribution in [3.63, 3.8) is 0 Å². The van der Waals surface area contributed by atoms with Gasteiger partial charge in [0.15, 0.2) is 0 Å². The highest BCUT2D eigenvalue weighted by Crippen LogP contribution is 2.32. The molecule has 2 N–H and O–H groups in total. The van der Waals surface area contributed by atoms with Crippen molar-refractivity contribution in [1.82, 2.24) is 0 Å². The van der Waals surface area contributed by atoms with Gasteiger partial charge in [-0.25, -0.2) is 0 Å². The summed E-state index contributed by atoms with van der Waals surface area (Å²) in [5.74, 6) is -0.253. The van der Waals surface area contributed by atoms with Gasteiger partial charge in [-0.05, 0) is 12.1 Å². The van der Waals surface area contributed by atoms with Crippen LogP contribution in [0.3, 0.4) is 0 Å². The van der Waals surface area contributed by atoms with Crippen LogP contribution in [0.1, 0.15) is 17.5 Å². The lowest BCUT2D eigenvalue weighted by atomic mass is 9.96. The minimum atomic E-state index is -4.50. The van der Waals surface area contributed by atoms with Crippen molar-refractivity contribution in [3.8, 4) is 5.75 Å². The van der Waals surface area contributed by atoms with Crippen LogP contribution in [0.15, 0.2) is 23.1 Å². The summed E-state index contributed by atoms with van der Waals surface area (Å²) in [6.45, 7) is 0. The predicted molar refractivity (Wildman–Crippen MR) is 65.3 cm³/mol. The molecule has 0 fully saturated rings. The van der Waals surface area contributed by atoms with Gasteiger partial charge in [-0.3, -0.25) is 4.55 Å².